The lowest BCUT2D eigenvalue weighted by Gasteiger charge is -2.06. The van der Waals surface area contributed by atoms with Crippen molar-refractivity contribution in [1.29, 1.82) is 0 Å². The van der Waals surface area contributed by atoms with E-state index in [4.69, 9.17) is 4.74 Å². The summed E-state index contributed by atoms with van der Waals surface area (Å²) in [5.41, 5.74) is 4.42. The van der Waals surface area contributed by atoms with Gasteiger partial charge in [0.2, 0.25) is 0 Å². The van der Waals surface area contributed by atoms with Gasteiger partial charge in [-0.1, -0.05) is 18.2 Å². The van der Waals surface area contributed by atoms with E-state index in [9.17, 15) is 4.79 Å². The van der Waals surface area contributed by atoms with Crippen molar-refractivity contribution in [2.45, 2.75) is 6.92 Å². The summed E-state index contributed by atoms with van der Waals surface area (Å²) in [4.78, 5) is 20.9. The van der Waals surface area contributed by atoms with Crippen LogP contribution in [-0.2, 0) is 4.74 Å². The molecule has 0 bridgehead atoms. The minimum atomic E-state index is -0.396. The molecule has 3 aromatic rings. The van der Waals surface area contributed by atoms with E-state index >= 15 is 0 Å². The summed E-state index contributed by atoms with van der Waals surface area (Å²) >= 11 is 0. The van der Waals surface area contributed by atoms with Gasteiger partial charge in [0.05, 0.1) is 29.2 Å². The molecule has 94 valence electrons. The second-order valence-electron chi connectivity index (χ2n) is 4.33. The summed E-state index contributed by atoms with van der Waals surface area (Å²) in [7, 11) is 1.36. The third-order valence-electron chi connectivity index (χ3n) is 3.10. The van der Waals surface area contributed by atoms with Crippen molar-refractivity contribution in [3.8, 4) is 0 Å². The van der Waals surface area contributed by atoms with Crippen LogP contribution in [0, 0.1) is 6.92 Å². The highest BCUT2D eigenvalue weighted by molar-refractivity contribution is 6.03. The topological polar surface area (TPSA) is 52.1 Å². The molecule has 0 aliphatic rings. The number of carbonyl (C=O) groups excluding carboxylic acids is 1. The van der Waals surface area contributed by atoms with Crippen LogP contribution in [-0.4, -0.2) is 23.0 Å². The maximum absolute atomic E-state index is 11.7. The highest BCUT2D eigenvalue weighted by atomic mass is 16.5. The van der Waals surface area contributed by atoms with Crippen molar-refractivity contribution in [2.24, 2.45) is 0 Å². The zero-order chi connectivity index (χ0) is 13.4. The first-order valence-electron chi connectivity index (χ1n) is 5.95. The van der Waals surface area contributed by atoms with Gasteiger partial charge in [0.25, 0.3) is 0 Å². The molecule has 0 saturated carbocycles. The van der Waals surface area contributed by atoms with Crippen molar-refractivity contribution in [3.05, 3.63) is 47.5 Å². The fourth-order valence-electron chi connectivity index (χ4n) is 2.13. The first kappa shape index (κ1) is 11.6. The van der Waals surface area contributed by atoms with Crippen molar-refractivity contribution < 1.29 is 9.53 Å². The van der Waals surface area contributed by atoms with E-state index in [1.54, 1.807) is 12.1 Å². The predicted molar refractivity (Wildman–Crippen MR) is 73.1 cm³/mol. The molecule has 3 rings (SSSR count). The summed E-state index contributed by atoms with van der Waals surface area (Å²) in [6, 6.07) is 11.1. The Hall–Kier alpha value is -2.49. The maximum atomic E-state index is 11.7. The first-order chi connectivity index (χ1) is 9.20. The van der Waals surface area contributed by atoms with Gasteiger partial charge in [0, 0.05) is 0 Å². The van der Waals surface area contributed by atoms with E-state index in [0.717, 1.165) is 16.6 Å². The van der Waals surface area contributed by atoms with Gasteiger partial charge in [-0.05, 0) is 30.7 Å². The van der Waals surface area contributed by atoms with Crippen LogP contribution in [0.15, 0.2) is 36.4 Å². The number of para-hydroxylation sites is 2. The van der Waals surface area contributed by atoms with Gasteiger partial charge in [-0.25, -0.2) is 14.8 Å². The summed E-state index contributed by atoms with van der Waals surface area (Å²) in [6.45, 7) is 1.99. The van der Waals surface area contributed by atoms with Crippen LogP contribution in [0.4, 0.5) is 0 Å². The van der Waals surface area contributed by atoms with Crippen molar-refractivity contribution in [1.82, 2.24) is 9.97 Å². The van der Waals surface area contributed by atoms with Crippen molar-refractivity contribution in [3.63, 3.8) is 0 Å². The van der Waals surface area contributed by atoms with Crippen LogP contribution >= 0.6 is 0 Å². The second kappa shape index (κ2) is 4.31. The zero-order valence-electron chi connectivity index (χ0n) is 10.7. The Balaban J connectivity index is 2.41. The van der Waals surface area contributed by atoms with E-state index < -0.39 is 5.97 Å². The van der Waals surface area contributed by atoms with Crippen LogP contribution in [0.2, 0.25) is 0 Å². The number of aromatic nitrogens is 2. The summed E-state index contributed by atoms with van der Waals surface area (Å²) in [6.07, 6.45) is 0. The molecule has 4 heteroatoms. The lowest BCUT2D eigenvalue weighted by Crippen LogP contribution is -2.03. The van der Waals surface area contributed by atoms with Gasteiger partial charge in [0.1, 0.15) is 5.52 Å². The SMILES string of the molecule is COC(=O)c1cccc2nc3c(C)cccc3nc12. The smallest absolute Gasteiger partial charge is 0.340 e. The molecule has 1 heterocycles. The molecule has 1 aromatic heterocycles. The van der Waals surface area contributed by atoms with Gasteiger partial charge in [0.15, 0.2) is 0 Å². The zero-order valence-corrected chi connectivity index (χ0v) is 10.7. The molecule has 2 aromatic carbocycles. The Morgan fingerprint density at radius 2 is 1.63 bits per heavy atom. The predicted octanol–water partition coefficient (Wildman–Crippen LogP) is 2.88. The highest BCUT2D eigenvalue weighted by Crippen LogP contribution is 2.21. The lowest BCUT2D eigenvalue weighted by atomic mass is 10.1. The average Bonchev–Trinajstić information content (AvgIpc) is 2.44. The van der Waals surface area contributed by atoms with Crippen molar-refractivity contribution in [2.75, 3.05) is 7.11 Å². The van der Waals surface area contributed by atoms with Crippen LogP contribution in [0.1, 0.15) is 15.9 Å². The number of aryl methyl sites for hydroxylation is 1. The molecule has 0 radical (unpaired) electrons. The van der Waals surface area contributed by atoms with Crippen LogP contribution in [0.25, 0.3) is 22.1 Å². The third kappa shape index (κ3) is 1.81. The number of esters is 1. The molecule has 0 unspecified atom stereocenters. The van der Waals surface area contributed by atoms with E-state index in [1.807, 2.05) is 31.2 Å². The Kier molecular flexibility index (Phi) is 2.63. The number of hydrogen-bond acceptors (Lipinski definition) is 4. The van der Waals surface area contributed by atoms with Crippen LogP contribution < -0.4 is 0 Å². The van der Waals surface area contributed by atoms with Gasteiger partial charge >= 0.3 is 5.97 Å². The first-order valence-corrected chi connectivity index (χ1v) is 5.95. The van der Waals surface area contributed by atoms with E-state index in [1.165, 1.54) is 7.11 Å². The Morgan fingerprint density at radius 1 is 1.00 bits per heavy atom. The number of methoxy groups -OCH3 is 1. The molecule has 0 N–H and O–H groups in total. The molecular weight excluding hydrogens is 240 g/mol. The lowest BCUT2D eigenvalue weighted by molar-refractivity contribution is 0.0603. The molecule has 0 amide bonds. The maximum Gasteiger partial charge on any atom is 0.340 e. The molecule has 0 atom stereocenters. The molecule has 0 saturated heterocycles. The van der Waals surface area contributed by atoms with Crippen molar-refractivity contribution >= 4 is 28.0 Å². The fraction of sp³-hybridized carbons (Fsp3) is 0.133. The van der Waals surface area contributed by atoms with E-state index in [0.29, 0.717) is 16.6 Å². The van der Waals surface area contributed by atoms with Gasteiger partial charge in [-0.3, -0.25) is 0 Å². The van der Waals surface area contributed by atoms with E-state index in [2.05, 4.69) is 9.97 Å². The summed E-state index contributed by atoms with van der Waals surface area (Å²) in [5, 5.41) is 0. The van der Waals surface area contributed by atoms with Gasteiger partial charge in [-0.2, -0.15) is 0 Å². The monoisotopic (exact) mass is 252 g/mol. The number of carbonyl (C=O) groups is 1. The van der Waals surface area contributed by atoms with E-state index in [-0.39, 0.29) is 0 Å². The fourth-order valence-corrected chi connectivity index (χ4v) is 2.13. The van der Waals surface area contributed by atoms with Gasteiger partial charge < -0.3 is 4.74 Å². The molecule has 0 aliphatic heterocycles. The minimum absolute atomic E-state index is 0.396. The molecule has 0 fully saturated rings. The highest BCUT2D eigenvalue weighted by Gasteiger charge is 2.13. The summed E-state index contributed by atoms with van der Waals surface area (Å²) < 4.78 is 4.77. The van der Waals surface area contributed by atoms with Gasteiger partial charge in [-0.15, -0.1) is 0 Å². The van der Waals surface area contributed by atoms with Crippen LogP contribution in [0.3, 0.4) is 0 Å². The number of fused-ring (bicyclic) bond motifs is 2. The normalized spacial score (nSPS) is 10.8. The summed E-state index contributed by atoms with van der Waals surface area (Å²) in [5.74, 6) is -0.396. The number of benzene rings is 2. The van der Waals surface area contributed by atoms with Crippen LogP contribution in [0.5, 0.6) is 0 Å². The molecule has 0 aliphatic carbocycles. The Morgan fingerprint density at radius 3 is 2.37 bits per heavy atom. The standard InChI is InChI=1S/C15H12N2O2/c1-9-5-3-7-11-13(9)16-12-8-4-6-10(14(12)17-11)15(18)19-2/h3-8H,1-2H3. The number of rotatable bonds is 1. The number of hydrogen-bond donors (Lipinski definition) is 0. The molecule has 4 nitrogen and oxygen atoms in total. The molecule has 19 heavy (non-hydrogen) atoms. The quantitative estimate of drug-likeness (QED) is 0.493. The Labute approximate surface area is 110 Å². The third-order valence-corrected chi connectivity index (χ3v) is 3.10. The minimum Gasteiger partial charge on any atom is -0.465 e. The molecule has 0 spiro atoms. The largest absolute Gasteiger partial charge is 0.465 e. The Bertz CT molecular complexity index is 797. The average molecular weight is 252 g/mol. The molecular formula is C15H12N2O2. The number of ether oxygens (including phenoxy) is 1. The second-order valence-corrected chi connectivity index (χ2v) is 4.33. The number of nitrogens with zero attached hydrogens (tertiary/aromatic N) is 2.